The van der Waals surface area contributed by atoms with E-state index in [1.165, 1.54) is 17.2 Å². The van der Waals surface area contributed by atoms with Crippen LogP contribution in [0.2, 0.25) is 0 Å². The number of aryl methyl sites for hydroxylation is 1. The molecule has 1 unspecified atom stereocenters. The van der Waals surface area contributed by atoms with E-state index in [2.05, 4.69) is 33.4 Å². The minimum atomic E-state index is -0.248. The van der Waals surface area contributed by atoms with Crippen LogP contribution in [0.25, 0.3) is 0 Å². The second-order valence-electron chi connectivity index (χ2n) is 5.28. The lowest BCUT2D eigenvalue weighted by molar-refractivity contribution is 0.413. The molecule has 1 N–H and O–H groups in total. The van der Waals surface area contributed by atoms with Crippen LogP contribution in [0.4, 0.5) is 10.1 Å². The monoisotopic (exact) mass is 349 g/mol. The smallest absolute Gasteiger partial charge is 0.139 e. The van der Waals surface area contributed by atoms with Gasteiger partial charge in [0.2, 0.25) is 0 Å². The predicted molar refractivity (Wildman–Crippen MR) is 86.4 cm³/mol. The largest absolute Gasteiger partial charge is 0.497 e. The number of rotatable bonds is 3. The number of ether oxygens (including phenoxy) is 1. The van der Waals surface area contributed by atoms with Gasteiger partial charge in [0.15, 0.2) is 0 Å². The van der Waals surface area contributed by atoms with Gasteiger partial charge in [0.05, 0.1) is 17.6 Å². The third-order valence-electron chi connectivity index (χ3n) is 3.93. The van der Waals surface area contributed by atoms with Gasteiger partial charge in [-0.15, -0.1) is 0 Å². The lowest BCUT2D eigenvalue weighted by atomic mass is 9.87. The van der Waals surface area contributed by atoms with Crippen molar-refractivity contribution in [2.75, 3.05) is 12.4 Å². The van der Waals surface area contributed by atoms with E-state index in [9.17, 15) is 4.39 Å². The predicted octanol–water partition coefficient (Wildman–Crippen LogP) is 5.09. The number of halogens is 2. The number of hydrogen-bond donors (Lipinski definition) is 1. The topological polar surface area (TPSA) is 21.3 Å². The summed E-state index contributed by atoms with van der Waals surface area (Å²) in [5, 5.41) is 3.44. The second kappa shape index (κ2) is 6.06. The van der Waals surface area contributed by atoms with E-state index in [4.69, 9.17) is 4.74 Å². The zero-order valence-electron chi connectivity index (χ0n) is 11.8. The normalized spacial score (nSPS) is 17.2. The Kier molecular flexibility index (Phi) is 4.15. The summed E-state index contributed by atoms with van der Waals surface area (Å²) in [5.41, 5.74) is 3.40. The number of fused-ring (bicyclic) bond motifs is 1. The maximum absolute atomic E-state index is 13.6. The summed E-state index contributed by atoms with van der Waals surface area (Å²) in [5.74, 6) is 0.617. The summed E-state index contributed by atoms with van der Waals surface area (Å²) >= 11 is 3.18. The fourth-order valence-corrected chi connectivity index (χ4v) is 3.09. The van der Waals surface area contributed by atoms with Gasteiger partial charge in [0.25, 0.3) is 0 Å². The Balaban J connectivity index is 1.88. The van der Waals surface area contributed by atoms with Crippen molar-refractivity contribution >= 4 is 21.6 Å². The average molecular weight is 350 g/mol. The Hall–Kier alpha value is -1.55. The molecule has 0 bridgehead atoms. The zero-order valence-corrected chi connectivity index (χ0v) is 13.4. The summed E-state index contributed by atoms with van der Waals surface area (Å²) in [6, 6.07) is 11.6. The molecule has 1 aliphatic rings. The lowest BCUT2D eigenvalue weighted by Gasteiger charge is -2.27. The van der Waals surface area contributed by atoms with Crippen LogP contribution < -0.4 is 10.1 Å². The minimum absolute atomic E-state index is 0.199. The van der Waals surface area contributed by atoms with Crippen molar-refractivity contribution < 1.29 is 9.13 Å². The highest BCUT2D eigenvalue weighted by atomic mass is 79.9. The second-order valence-corrected chi connectivity index (χ2v) is 6.14. The lowest BCUT2D eigenvalue weighted by Crippen LogP contribution is -2.17. The third-order valence-corrected chi connectivity index (χ3v) is 4.57. The standard InChI is InChI=1S/C17H17BrFNO/c1-21-13-7-5-11-3-2-4-17(14(11)10-13)20-12-6-8-15(18)16(19)9-12/h5-10,17,20H,2-4H2,1H3. The molecule has 0 spiro atoms. The van der Waals surface area contributed by atoms with Crippen molar-refractivity contribution in [3.63, 3.8) is 0 Å². The van der Waals surface area contributed by atoms with E-state index >= 15 is 0 Å². The molecule has 21 heavy (non-hydrogen) atoms. The molecule has 0 aromatic heterocycles. The van der Waals surface area contributed by atoms with Gasteiger partial charge >= 0.3 is 0 Å². The van der Waals surface area contributed by atoms with Crippen molar-refractivity contribution in [2.24, 2.45) is 0 Å². The Morgan fingerprint density at radius 1 is 1.24 bits per heavy atom. The minimum Gasteiger partial charge on any atom is -0.497 e. The van der Waals surface area contributed by atoms with Crippen LogP contribution in [0, 0.1) is 5.82 Å². The molecule has 3 rings (SSSR count). The van der Waals surface area contributed by atoms with E-state index in [-0.39, 0.29) is 11.9 Å². The Bertz CT molecular complexity index is 659. The van der Waals surface area contributed by atoms with Gasteiger partial charge in [0, 0.05) is 5.69 Å². The Morgan fingerprint density at radius 2 is 2.10 bits per heavy atom. The molecule has 1 atom stereocenters. The maximum atomic E-state index is 13.6. The van der Waals surface area contributed by atoms with Crippen molar-refractivity contribution in [3.8, 4) is 5.75 Å². The molecule has 1 aliphatic carbocycles. The van der Waals surface area contributed by atoms with Gasteiger partial charge in [-0.2, -0.15) is 0 Å². The van der Waals surface area contributed by atoms with Gasteiger partial charge in [-0.1, -0.05) is 6.07 Å². The van der Waals surface area contributed by atoms with Crippen LogP contribution in [0.15, 0.2) is 40.9 Å². The van der Waals surface area contributed by atoms with E-state index in [1.807, 2.05) is 12.1 Å². The molecular formula is C17H17BrFNO. The first-order valence-corrected chi connectivity index (χ1v) is 7.85. The molecule has 0 heterocycles. The first kappa shape index (κ1) is 14.4. The number of nitrogens with one attached hydrogen (secondary N) is 1. The molecule has 110 valence electrons. The molecule has 0 radical (unpaired) electrons. The van der Waals surface area contributed by atoms with E-state index in [0.29, 0.717) is 4.47 Å². The van der Waals surface area contributed by atoms with Crippen LogP contribution in [-0.4, -0.2) is 7.11 Å². The number of anilines is 1. The average Bonchev–Trinajstić information content (AvgIpc) is 2.51. The van der Waals surface area contributed by atoms with Crippen molar-refractivity contribution in [3.05, 3.63) is 57.8 Å². The number of benzene rings is 2. The molecule has 4 heteroatoms. The Morgan fingerprint density at radius 3 is 2.86 bits per heavy atom. The zero-order chi connectivity index (χ0) is 14.8. The molecule has 2 aromatic rings. The molecule has 0 saturated carbocycles. The highest BCUT2D eigenvalue weighted by Gasteiger charge is 2.21. The number of methoxy groups -OCH3 is 1. The maximum Gasteiger partial charge on any atom is 0.139 e. The van der Waals surface area contributed by atoms with Crippen molar-refractivity contribution in [1.29, 1.82) is 0 Å². The molecule has 2 nitrogen and oxygen atoms in total. The van der Waals surface area contributed by atoms with Crippen LogP contribution in [0.3, 0.4) is 0 Å². The first-order valence-electron chi connectivity index (χ1n) is 7.06. The highest BCUT2D eigenvalue weighted by molar-refractivity contribution is 9.10. The summed E-state index contributed by atoms with van der Waals surface area (Å²) < 4.78 is 19.4. The van der Waals surface area contributed by atoms with Crippen LogP contribution in [0.1, 0.15) is 30.0 Å². The highest BCUT2D eigenvalue weighted by Crippen LogP contribution is 2.35. The van der Waals surface area contributed by atoms with Crippen molar-refractivity contribution in [2.45, 2.75) is 25.3 Å². The Labute approximate surface area is 132 Å². The van der Waals surface area contributed by atoms with Gasteiger partial charge in [0.1, 0.15) is 11.6 Å². The number of hydrogen-bond acceptors (Lipinski definition) is 2. The summed E-state index contributed by atoms with van der Waals surface area (Å²) in [6.07, 6.45) is 3.26. The first-order chi connectivity index (χ1) is 10.2. The SMILES string of the molecule is COc1ccc2c(c1)C(Nc1ccc(Br)c(F)c1)CCC2. The molecule has 0 amide bonds. The summed E-state index contributed by atoms with van der Waals surface area (Å²) in [6.45, 7) is 0. The van der Waals surface area contributed by atoms with Gasteiger partial charge in [-0.25, -0.2) is 4.39 Å². The van der Waals surface area contributed by atoms with E-state index < -0.39 is 0 Å². The fourth-order valence-electron chi connectivity index (χ4n) is 2.84. The van der Waals surface area contributed by atoms with E-state index in [1.54, 1.807) is 13.2 Å². The molecular weight excluding hydrogens is 333 g/mol. The van der Waals surface area contributed by atoms with Crippen molar-refractivity contribution in [1.82, 2.24) is 0 Å². The van der Waals surface area contributed by atoms with Crippen LogP contribution >= 0.6 is 15.9 Å². The van der Waals surface area contributed by atoms with Gasteiger partial charge in [-0.3, -0.25) is 0 Å². The van der Waals surface area contributed by atoms with Crippen LogP contribution in [-0.2, 0) is 6.42 Å². The molecule has 2 aromatic carbocycles. The van der Waals surface area contributed by atoms with Gasteiger partial charge in [-0.05, 0) is 76.7 Å². The third kappa shape index (κ3) is 3.05. The fraction of sp³-hybridized carbons (Fsp3) is 0.294. The van der Waals surface area contributed by atoms with E-state index in [0.717, 1.165) is 30.7 Å². The molecule has 0 saturated heterocycles. The van der Waals surface area contributed by atoms with Gasteiger partial charge < -0.3 is 10.1 Å². The quantitative estimate of drug-likeness (QED) is 0.833. The molecule has 0 fully saturated rings. The summed E-state index contributed by atoms with van der Waals surface area (Å²) in [4.78, 5) is 0. The summed E-state index contributed by atoms with van der Waals surface area (Å²) in [7, 11) is 1.68. The molecule has 0 aliphatic heterocycles. The van der Waals surface area contributed by atoms with Crippen LogP contribution in [0.5, 0.6) is 5.75 Å².